The molecule has 8 rings (SSSR count). The topological polar surface area (TPSA) is 22.1 Å². The van der Waals surface area contributed by atoms with E-state index in [4.69, 9.17) is 9.72 Å². The highest BCUT2D eigenvalue weighted by atomic mass is 16.5. The van der Waals surface area contributed by atoms with Gasteiger partial charge in [0, 0.05) is 22.6 Å². The smallest absolute Gasteiger partial charge is 0.134 e. The first kappa shape index (κ1) is 23.7. The molecule has 0 radical (unpaired) electrons. The maximum Gasteiger partial charge on any atom is 0.134 e. The van der Waals surface area contributed by atoms with Gasteiger partial charge in [0.1, 0.15) is 11.5 Å². The van der Waals surface area contributed by atoms with Crippen molar-refractivity contribution < 1.29 is 4.74 Å². The second kappa shape index (κ2) is 9.76. The first-order valence-corrected chi connectivity index (χ1v) is 14.1. The van der Waals surface area contributed by atoms with Gasteiger partial charge in [-0.1, -0.05) is 121 Å². The van der Waals surface area contributed by atoms with Crippen molar-refractivity contribution in [3.05, 3.63) is 169 Å². The number of fused-ring (bicyclic) bond motifs is 2. The number of benzene rings is 4. The minimum Gasteiger partial charge on any atom is -0.460 e. The van der Waals surface area contributed by atoms with Crippen LogP contribution in [0.4, 0.5) is 0 Å². The Labute approximate surface area is 240 Å². The molecule has 41 heavy (non-hydrogen) atoms. The van der Waals surface area contributed by atoms with Crippen LogP contribution in [0.2, 0.25) is 0 Å². The third-order valence-electron chi connectivity index (χ3n) is 8.30. The van der Waals surface area contributed by atoms with Gasteiger partial charge in [0.05, 0.1) is 17.3 Å². The number of aromatic nitrogens is 1. The Kier molecular flexibility index (Phi) is 5.63. The van der Waals surface area contributed by atoms with E-state index in [1.807, 2.05) is 12.1 Å². The molecule has 2 heteroatoms. The zero-order valence-electron chi connectivity index (χ0n) is 22.4. The number of pyridine rings is 1. The molecule has 0 fully saturated rings. The third kappa shape index (κ3) is 4.16. The minimum absolute atomic E-state index is 0.183. The molecule has 0 saturated carbocycles. The van der Waals surface area contributed by atoms with Crippen LogP contribution in [0, 0.1) is 11.8 Å². The molecule has 1 aliphatic heterocycles. The van der Waals surface area contributed by atoms with E-state index in [-0.39, 0.29) is 11.8 Å². The van der Waals surface area contributed by atoms with E-state index in [0.29, 0.717) is 0 Å². The lowest BCUT2D eigenvalue weighted by Crippen LogP contribution is -2.28. The van der Waals surface area contributed by atoms with Crippen molar-refractivity contribution in [1.82, 2.24) is 4.98 Å². The Bertz CT molecular complexity index is 1850. The van der Waals surface area contributed by atoms with E-state index in [1.165, 1.54) is 27.8 Å². The van der Waals surface area contributed by atoms with E-state index >= 15 is 0 Å². The Hall–Kier alpha value is -5.21. The number of nitrogens with zero attached hydrogens (tertiary/aromatic N) is 1. The summed E-state index contributed by atoms with van der Waals surface area (Å²) in [5, 5.41) is 0. The molecule has 0 N–H and O–H groups in total. The Morgan fingerprint density at radius 1 is 0.512 bits per heavy atom. The summed E-state index contributed by atoms with van der Waals surface area (Å²) in [6.07, 6.45) is 11.2. The van der Waals surface area contributed by atoms with Crippen molar-refractivity contribution >= 4 is 11.1 Å². The summed E-state index contributed by atoms with van der Waals surface area (Å²) in [5.74, 6) is 2.35. The maximum absolute atomic E-state index is 6.39. The lowest BCUT2D eigenvalue weighted by Gasteiger charge is -2.39. The number of para-hydroxylation sites is 1. The monoisotopic (exact) mass is 525 g/mol. The van der Waals surface area contributed by atoms with Crippen LogP contribution in [0.25, 0.3) is 44.8 Å². The molecule has 5 aromatic rings. The van der Waals surface area contributed by atoms with Crippen molar-refractivity contribution in [2.24, 2.45) is 11.8 Å². The van der Waals surface area contributed by atoms with Crippen LogP contribution < -0.4 is 4.74 Å². The first-order chi connectivity index (χ1) is 20.3. The number of hydrogen-bond acceptors (Lipinski definition) is 2. The molecule has 0 saturated heterocycles. The average molecular weight is 526 g/mol. The summed E-state index contributed by atoms with van der Waals surface area (Å²) in [4.78, 5) is 5.16. The van der Waals surface area contributed by atoms with Gasteiger partial charge >= 0.3 is 0 Å². The van der Waals surface area contributed by atoms with Gasteiger partial charge in [-0.15, -0.1) is 0 Å². The van der Waals surface area contributed by atoms with Crippen LogP contribution in [-0.2, 0) is 0 Å². The first-order valence-electron chi connectivity index (χ1n) is 14.1. The van der Waals surface area contributed by atoms with Crippen LogP contribution in [0.5, 0.6) is 5.75 Å². The SMILES string of the molecule is C1=CC2C(c3cccc(-c4cc(-c5ccccc5)cc(-c5ccccc5)n4)c3)=CC=C3Oc4ccccc4C(=C1)C32. The van der Waals surface area contributed by atoms with Gasteiger partial charge in [-0.3, -0.25) is 0 Å². The molecule has 194 valence electrons. The molecule has 0 amide bonds. The fourth-order valence-corrected chi connectivity index (χ4v) is 6.34. The highest BCUT2D eigenvalue weighted by Crippen LogP contribution is 2.52. The molecule has 2 atom stereocenters. The van der Waals surface area contributed by atoms with Gasteiger partial charge in [0.2, 0.25) is 0 Å². The quantitative estimate of drug-likeness (QED) is 0.233. The van der Waals surface area contributed by atoms with E-state index in [0.717, 1.165) is 39.6 Å². The molecule has 3 aliphatic rings. The molecular formula is C39H27NO. The zero-order valence-corrected chi connectivity index (χ0v) is 22.4. The highest BCUT2D eigenvalue weighted by molar-refractivity contribution is 5.86. The molecule has 0 spiro atoms. The second-order valence-corrected chi connectivity index (χ2v) is 10.7. The van der Waals surface area contributed by atoms with Gasteiger partial charge in [0.25, 0.3) is 0 Å². The van der Waals surface area contributed by atoms with Gasteiger partial charge in [-0.05, 0) is 58.2 Å². The van der Waals surface area contributed by atoms with Crippen molar-refractivity contribution in [2.45, 2.75) is 0 Å². The molecule has 4 aromatic carbocycles. The molecule has 1 aromatic heterocycles. The number of rotatable bonds is 4. The Morgan fingerprint density at radius 2 is 1.20 bits per heavy atom. The van der Waals surface area contributed by atoms with Crippen molar-refractivity contribution in [3.63, 3.8) is 0 Å². The van der Waals surface area contributed by atoms with Crippen molar-refractivity contribution in [1.29, 1.82) is 0 Å². The lowest BCUT2D eigenvalue weighted by molar-refractivity contribution is 0.343. The lowest BCUT2D eigenvalue weighted by atomic mass is 9.69. The zero-order chi connectivity index (χ0) is 27.2. The summed E-state index contributed by atoms with van der Waals surface area (Å²) in [6, 6.07) is 42.6. The second-order valence-electron chi connectivity index (χ2n) is 10.7. The van der Waals surface area contributed by atoms with Crippen LogP contribution in [0.15, 0.2) is 157 Å². The largest absolute Gasteiger partial charge is 0.460 e. The predicted octanol–water partition coefficient (Wildman–Crippen LogP) is 9.64. The van der Waals surface area contributed by atoms with Crippen molar-refractivity contribution in [2.75, 3.05) is 0 Å². The number of allylic oxidation sites excluding steroid dienone is 7. The summed E-state index contributed by atoms with van der Waals surface area (Å²) < 4.78 is 6.39. The standard InChI is InChI=1S/C39H27NO/c1-3-11-26(12-4-1)30-24-35(27-13-5-2-6-14-27)40-36(25-30)29-16-9-15-28(23-29)31-21-22-38-39-33(31)18-10-19-34(39)32-17-7-8-20-37(32)41-38/h1-25,33,39H. The van der Waals surface area contributed by atoms with Gasteiger partial charge in [0.15, 0.2) is 0 Å². The maximum atomic E-state index is 6.39. The van der Waals surface area contributed by atoms with E-state index < -0.39 is 0 Å². The van der Waals surface area contributed by atoms with Gasteiger partial charge in [-0.2, -0.15) is 0 Å². The summed E-state index contributed by atoms with van der Waals surface area (Å²) in [6.45, 7) is 0. The molecule has 2 nitrogen and oxygen atoms in total. The third-order valence-corrected chi connectivity index (χ3v) is 8.30. The van der Waals surface area contributed by atoms with Crippen molar-refractivity contribution in [3.8, 4) is 39.4 Å². The Morgan fingerprint density at radius 3 is 2.02 bits per heavy atom. The fraction of sp³-hybridized carbons (Fsp3) is 0.0513. The van der Waals surface area contributed by atoms with Gasteiger partial charge in [-0.25, -0.2) is 4.98 Å². The predicted molar refractivity (Wildman–Crippen MR) is 168 cm³/mol. The minimum atomic E-state index is 0.183. The van der Waals surface area contributed by atoms with Crippen LogP contribution in [0.1, 0.15) is 11.1 Å². The Balaban J connectivity index is 1.22. The summed E-state index contributed by atoms with van der Waals surface area (Å²) in [7, 11) is 0. The molecule has 2 unspecified atom stereocenters. The van der Waals surface area contributed by atoms with E-state index in [2.05, 4.69) is 140 Å². The van der Waals surface area contributed by atoms with Crippen LogP contribution >= 0.6 is 0 Å². The highest BCUT2D eigenvalue weighted by Gasteiger charge is 2.39. The fourth-order valence-electron chi connectivity index (χ4n) is 6.34. The molecule has 2 aliphatic carbocycles. The summed E-state index contributed by atoms with van der Waals surface area (Å²) >= 11 is 0. The van der Waals surface area contributed by atoms with Gasteiger partial charge < -0.3 is 4.74 Å². The molecular weight excluding hydrogens is 498 g/mol. The van der Waals surface area contributed by atoms with Crippen LogP contribution in [0.3, 0.4) is 0 Å². The summed E-state index contributed by atoms with van der Waals surface area (Å²) in [5.41, 5.74) is 11.5. The van der Waals surface area contributed by atoms with E-state index in [1.54, 1.807) is 0 Å². The normalized spacial score (nSPS) is 18.3. The average Bonchev–Trinajstić information content (AvgIpc) is 3.06. The molecule has 0 bridgehead atoms. The van der Waals surface area contributed by atoms with E-state index in [9.17, 15) is 0 Å². The van der Waals surface area contributed by atoms with Crippen LogP contribution in [-0.4, -0.2) is 4.98 Å². The number of hydrogen-bond donors (Lipinski definition) is 0. The molecule has 2 heterocycles. The number of ether oxygens (including phenoxy) is 1.